The molecule has 0 aromatic heterocycles. The zero-order chi connectivity index (χ0) is 55.9. The lowest BCUT2D eigenvalue weighted by atomic mass is 9.99. The van der Waals surface area contributed by atoms with Crippen molar-refractivity contribution in [1.82, 2.24) is 5.32 Å². The fourth-order valence-electron chi connectivity index (χ4n) is 11.3. The molecule has 0 aliphatic carbocycles. The minimum Gasteiger partial charge on any atom is -0.394 e. The number of hydrogen-bond donors (Lipinski definition) is 7. The summed E-state index contributed by atoms with van der Waals surface area (Å²) in [6, 6.07) is -0.891. The summed E-state index contributed by atoms with van der Waals surface area (Å²) in [6.45, 7) is 3.72. The first-order valence-corrected chi connectivity index (χ1v) is 34.0. The van der Waals surface area contributed by atoms with Crippen molar-refractivity contribution in [2.75, 3.05) is 13.2 Å². The van der Waals surface area contributed by atoms with Crippen molar-refractivity contribution in [3.8, 4) is 0 Å². The van der Waals surface area contributed by atoms with Crippen molar-refractivity contribution >= 4 is 5.91 Å². The zero-order valence-electron chi connectivity index (χ0n) is 50.9. The molecular weight excluding hydrogens is 963 g/mol. The molecule has 77 heavy (non-hydrogen) atoms. The van der Waals surface area contributed by atoms with Crippen LogP contribution in [0.1, 0.15) is 348 Å². The molecule has 0 bridgehead atoms. The van der Waals surface area contributed by atoms with Gasteiger partial charge in [-0.1, -0.05) is 321 Å². The van der Waals surface area contributed by atoms with E-state index in [0.29, 0.717) is 12.8 Å². The average Bonchev–Trinajstić information content (AvgIpc) is 3.43. The summed E-state index contributed by atoms with van der Waals surface area (Å²) >= 11 is 0. The van der Waals surface area contributed by atoms with Crippen LogP contribution in [-0.2, 0) is 14.3 Å². The molecule has 10 heteroatoms. The molecule has 8 atom stereocenters. The van der Waals surface area contributed by atoms with Crippen molar-refractivity contribution in [2.24, 2.45) is 0 Å². The highest BCUT2D eigenvalue weighted by atomic mass is 16.7. The number of unbranched alkanes of at least 4 members (excludes halogenated alkanes) is 47. The number of carbonyl (C=O) groups is 1. The summed E-state index contributed by atoms with van der Waals surface area (Å²) < 4.78 is 11.3. The maximum Gasteiger partial charge on any atom is 0.249 e. The molecule has 1 heterocycles. The lowest BCUT2D eigenvalue weighted by Crippen LogP contribution is -2.60. The Kier molecular flexibility index (Phi) is 54.5. The van der Waals surface area contributed by atoms with Crippen molar-refractivity contribution in [2.45, 2.75) is 397 Å². The van der Waals surface area contributed by atoms with E-state index >= 15 is 0 Å². The van der Waals surface area contributed by atoms with E-state index in [4.69, 9.17) is 9.47 Å². The van der Waals surface area contributed by atoms with Gasteiger partial charge in [0.05, 0.1) is 25.4 Å². The third-order valence-electron chi connectivity index (χ3n) is 16.7. The first-order valence-electron chi connectivity index (χ1n) is 34.0. The number of aliphatic hydroxyl groups excluding tert-OH is 6. The summed E-state index contributed by atoms with van der Waals surface area (Å²) in [7, 11) is 0. The van der Waals surface area contributed by atoms with Gasteiger partial charge in [-0.05, 0) is 38.5 Å². The van der Waals surface area contributed by atoms with Crippen LogP contribution >= 0.6 is 0 Å². The molecule has 458 valence electrons. The van der Waals surface area contributed by atoms with Gasteiger partial charge in [-0.25, -0.2) is 0 Å². The van der Waals surface area contributed by atoms with Gasteiger partial charge in [0.15, 0.2) is 6.29 Å². The lowest BCUT2D eigenvalue weighted by molar-refractivity contribution is -0.302. The normalized spacial score (nSPS) is 19.1. The van der Waals surface area contributed by atoms with E-state index in [9.17, 15) is 35.4 Å². The van der Waals surface area contributed by atoms with Crippen molar-refractivity contribution in [1.29, 1.82) is 0 Å². The smallest absolute Gasteiger partial charge is 0.249 e. The highest BCUT2D eigenvalue weighted by Gasteiger charge is 2.44. The van der Waals surface area contributed by atoms with Gasteiger partial charge in [-0.3, -0.25) is 4.79 Å². The number of carbonyl (C=O) groups excluding carboxylic acids is 1. The van der Waals surface area contributed by atoms with E-state index in [0.717, 1.165) is 44.9 Å². The van der Waals surface area contributed by atoms with Crippen molar-refractivity contribution in [3.05, 3.63) is 12.2 Å². The van der Waals surface area contributed by atoms with Crippen molar-refractivity contribution in [3.63, 3.8) is 0 Å². The number of hydrogen-bond acceptors (Lipinski definition) is 9. The zero-order valence-corrected chi connectivity index (χ0v) is 50.9. The second-order valence-electron chi connectivity index (χ2n) is 24.1. The van der Waals surface area contributed by atoms with Crippen LogP contribution < -0.4 is 5.32 Å². The molecule has 0 radical (unpaired) electrons. The molecule has 1 rings (SSSR count). The van der Waals surface area contributed by atoms with Crippen LogP contribution in [0.25, 0.3) is 0 Å². The Hall–Kier alpha value is -1.11. The van der Waals surface area contributed by atoms with Gasteiger partial charge in [0.1, 0.15) is 30.5 Å². The number of rotatable bonds is 60. The molecule has 0 aromatic rings. The van der Waals surface area contributed by atoms with Gasteiger partial charge >= 0.3 is 0 Å². The van der Waals surface area contributed by atoms with Gasteiger partial charge in [-0.2, -0.15) is 0 Å². The van der Waals surface area contributed by atoms with E-state index in [1.807, 2.05) is 0 Å². The Balaban J connectivity index is 2.05. The third kappa shape index (κ3) is 45.1. The highest BCUT2D eigenvalue weighted by Crippen LogP contribution is 2.24. The molecule has 1 fully saturated rings. The predicted octanol–water partition coefficient (Wildman–Crippen LogP) is 16.9. The second-order valence-corrected chi connectivity index (χ2v) is 24.1. The lowest BCUT2D eigenvalue weighted by Gasteiger charge is -2.40. The van der Waals surface area contributed by atoms with Crippen LogP contribution in [0.2, 0.25) is 0 Å². The summed E-state index contributed by atoms with van der Waals surface area (Å²) in [6.07, 6.45) is 61.9. The van der Waals surface area contributed by atoms with Gasteiger partial charge in [0.2, 0.25) is 5.91 Å². The fourth-order valence-corrected chi connectivity index (χ4v) is 11.3. The van der Waals surface area contributed by atoms with E-state index in [2.05, 4.69) is 31.3 Å². The van der Waals surface area contributed by atoms with Crippen molar-refractivity contribution < 1.29 is 44.9 Å². The highest BCUT2D eigenvalue weighted by molar-refractivity contribution is 5.80. The molecule has 0 aromatic carbocycles. The van der Waals surface area contributed by atoms with Gasteiger partial charge < -0.3 is 45.4 Å². The Morgan fingerprint density at radius 2 is 0.727 bits per heavy atom. The largest absolute Gasteiger partial charge is 0.394 e. The standard InChI is InChI=1S/C67H131NO9/c1-3-5-7-9-11-13-15-17-19-20-21-22-23-24-25-26-27-28-29-30-31-32-33-34-35-36-37-38-39-40-41-42-44-46-48-50-52-54-56-61(71)66(75)68-59(58-76-67-65(74)64(73)63(72)62(57-69)77-67)60(70)55-53-51-49-47-45-43-18-16-14-12-10-8-6-4-2/h30-31,59-65,67,69-74H,3-29,32-58H2,1-2H3,(H,68,75)/b31-30-. The first-order chi connectivity index (χ1) is 37.8. The first kappa shape index (κ1) is 73.9. The number of allylic oxidation sites excluding steroid dienone is 2. The predicted molar refractivity (Wildman–Crippen MR) is 324 cm³/mol. The quantitative estimate of drug-likeness (QED) is 0.0232. The molecule has 8 unspecified atom stereocenters. The minimum absolute atomic E-state index is 0.251. The molecular formula is C67H131NO9. The molecule has 1 aliphatic rings. The molecule has 0 saturated carbocycles. The maximum atomic E-state index is 13.2. The summed E-state index contributed by atoms with van der Waals surface area (Å²) in [5.41, 5.74) is 0. The van der Waals surface area contributed by atoms with Crippen LogP contribution in [-0.4, -0.2) is 98.7 Å². The minimum atomic E-state index is -1.60. The Labute approximate surface area is 476 Å². The molecule has 1 amide bonds. The summed E-state index contributed by atoms with van der Waals surface area (Å²) in [4.78, 5) is 13.2. The van der Waals surface area contributed by atoms with Gasteiger partial charge in [0, 0.05) is 0 Å². The molecule has 0 spiro atoms. The Morgan fingerprint density at radius 1 is 0.429 bits per heavy atom. The average molecular weight is 1090 g/mol. The van der Waals surface area contributed by atoms with Gasteiger partial charge in [-0.15, -0.1) is 0 Å². The number of aliphatic hydroxyl groups is 6. The molecule has 10 nitrogen and oxygen atoms in total. The molecule has 7 N–H and O–H groups in total. The number of ether oxygens (including phenoxy) is 2. The van der Waals surface area contributed by atoms with Crippen LogP contribution in [0.15, 0.2) is 12.2 Å². The van der Waals surface area contributed by atoms with E-state index < -0.39 is 61.5 Å². The van der Waals surface area contributed by atoms with Crippen LogP contribution in [0.4, 0.5) is 0 Å². The number of amides is 1. The molecule has 1 saturated heterocycles. The topological polar surface area (TPSA) is 169 Å². The van der Waals surface area contributed by atoms with E-state index in [-0.39, 0.29) is 6.61 Å². The van der Waals surface area contributed by atoms with Crippen LogP contribution in [0.3, 0.4) is 0 Å². The van der Waals surface area contributed by atoms with E-state index in [1.165, 1.54) is 276 Å². The van der Waals surface area contributed by atoms with Crippen LogP contribution in [0.5, 0.6) is 0 Å². The Bertz CT molecular complexity index is 1240. The monoisotopic (exact) mass is 1090 g/mol. The SMILES string of the molecule is CCCCCCCCCCCCCCCCCCCC/C=C\CCCCCCCCCCCCCCCCCCC(O)C(=O)NC(COC1OC(CO)C(O)C(O)C1O)C(O)CCCCCCCCCCCCCCCC. The summed E-state index contributed by atoms with van der Waals surface area (Å²) in [5, 5.41) is 65.3. The maximum absolute atomic E-state index is 13.2. The Morgan fingerprint density at radius 3 is 1.05 bits per heavy atom. The fraction of sp³-hybridized carbons (Fsp3) is 0.955. The summed E-state index contributed by atoms with van der Waals surface area (Å²) in [5.74, 6) is -0.577. The number of nitrogens with one attached hydrogen (secondary N) is 1. The second kappa shape index (κ2) is 56.7. The molecule has 1 aliphatic heterocycles. The van der Waals surface area contributed by atoms with E-state index in [1.54, 1.807) is 0 Å². The van der Waals surface area contributed by atoms with Gasteiger partial charge in [0.25, 0.3) is 0 Å². The van der Waals surface area contributed by atoms with Crippen LogP contribution in [0, 0.1) is 0 Å². The third-order valence-corrected chi connectivity index (χ3v) is 16.7.